The second kappa shape index (κ2) is 8.91. The third-order valence-corrected chi connectivity index (χ3v) is 7.32. The lowest BCUT2D eigenvalue weighted by Crippen LogP contribution is -2.59. The molecular formula is C25H31N3O5. The maximum absolute atomic E-state index is 13.9. The molecular weight excluding hydrogens is 422 g/mol. The number of carbonyl (C=O) groups excluding carboxylic acids is 2. The third kappa shape index (κ3) is 3.95. The SMILES string of the molecule is Cc1noc(C)c1C(=O)N1CCO[C@@]2(C1)C(=O)N(CC1CCOCC1)C[C@H]2c1ccccc1. The Morgan fingerprint density at radius 2 is 1.91 bits per heavy atom. The summed E-state index contributed by atoms with van der Waals surface area (Å²) in [6.07, 6.45) is 1.93. The number of aryl methyl sites for hydroxylation is 2. The first-order valence-corrected chi connectivity index (χ1v) is 11.8. The average molecular weight is 454 g/mol. The molecule has 8 heteroatoms. The molecule has 5 rings (SSSR count). The van der Waals surface area contributed by atoms with Crippen molar-refractivity contribution in [3.05, 3.63) is 52.9 Å². The number of morpholine rings is 1. The maximum atomic E-state index is 13.9. The van der Waals surface area contributed by atoms with Crippen LogP contribution in [0.2, 0.25) is 0 Å². The number of ether oxygens (including phenoxy) is 2. The van der Waals surface area contributed by atoms with Crippen molar-refractivity contribution >= 4 is 11.8 Å². The Kier molecular flexibility index (Phi) is 5.97. The lowest BCUT2D eigenvalue weighted by Gasteiger charge is -2.42. The zero-order valence-electron chi connectivity index (χ0n) is 19.3. The summed E-state index contributed by atoms with van der Waals surface area (Å²) in [7, 11) is 0. The Labute approximate surface area is 193 Å². The van der Waals surface area contributed by atoms with Gasteiger partial charge in [-0.2, -0.15) is 0 Å². The normalized spacial score (nSPS) is 26.4. The molecule has 8 nitrogen and oxygen atoms in total. The van der Waals surface area contributed by atoms with Gasteiger partial charge in [0.2, 0.25) is 0 Å². The Hall–Kier alpha value is -2.71. The van der Waals surface area contributed by atoms with E-state index in [9.17, 15) is 9.59 Å². The van der Waals surface area contributed by atoms with Crippen LogP contribution < -0.4 is 0 Å². The Morgan fingerprint density at radius 3 is 2.61 bits per heavy atom. The molecule has 4 heterocycles. The highest BCUT2D eigenvalue weighted by Gasteiger charge is 2.58. The summed E-state index contributed by atoms with van der Waals surface area (Å²) in [5.41, 5.74) is 1.02. The number of carbonyl (C=O) groups is 2. The number of hydrogen-bond acceptors (Lipinski definition) is 6. The van der Waals surface area contributed by atoms with Gasteiger partial charge in [-0.15, -0.1) is 0 Å². The highest BCUT2D eigenvalue weighted by Crippen LogP contribution is 2.43. The van der Waals surface area contributed by atoms with Crippen molar-refractivity contribution in [2.45, 2.75) is 38.2 Å². The Balaban J connectivity index is 1.45. The minimum atomic E-state index is -1.08. The molecule has 3 aliphatic rings. The summed E-state index contributed by atoms with van der Waals surface area (Å²) in [5.74, 6) is 0.608. The molecule has 0 aliphatic carbocycles. The van der Waals surface area contributed by atoms with Crippen molar-refractivity contribution in [2.24, 2.45) is 5.92 Å². The molecule has 0 radical (unpaired) electrons. The summed E-state index contributed by atoms with van der Waals surface area (Å²) >= 11 is 0. The number of hydrogen-bond donors (Lipinski definition) is 0. The fourth-order valence-electron chi connectivity index (χ4n) is 5.53. The molecule has 33 heavy (non-hydrogen) atoms. The van der Waals surface area contributed by atoms with E-state index in [1.807, 2.05) is 23.1 Å². The molecule has 1 spiro atoms. The van der Waals surface area contributed by atoms with Crippen LogP contribution in [0.15, 0.2) is 34.9 Å². The predicted octanol–water partition coefficient (Wildman–Crippen LogP) is 2.56. The van der Waals surface area contributed by atoms with Crippen LogP contribution in [-0.4, -0.2) is 78.4 Å². The molecule has 2 atom stereocenters. The second-order valence-electron chi connectivity index (χ2n) is 9.39. The molecule has 2 amide bonds. The molecule has 1 aromatic heterocycles. The fourth-order valence-corrected chi connectivity index (χ4v) is 5.53. The van der Waals surface area contributed by atoms with Crippen molar-refractivity contribution in [3.63, 3.8) is 0 Å². The van der Waals surface area contributed by atoms with E-state index in [1.54, 1.807) is 18.7 Å². The van der Waals surface area contributed by atoms with Crippen LogP contribution in [0.3, 0.4) is 0 Å². The monoisotopic (exact) mass is 453 g/mol. The van der Waals surface area contributed by atoms with Crippen molar-refractivity contribution < 1.29 is 23.6 Å². The topological polar surface area (TPSA) is 85.1 Å². The van der Waals surface area contributed by atoms with Gasteiger partial charge in [0.15, 0.2) is 5.60 Å². The van der Waals surface area contributed by atoms with E-state index in [1.165, 1.54) is 0 Å². The molecule has 176 valence electrons. The second-order valence-corrected chi connectivity index (χ2v) is 9.39. The fraction of sp³-hybridized carbons (Fsp3) is 0.560. The summed E-state index contributed by atoms with van der Waals surface area (Å²) in [4.78, 5) is 31.0. The van der Waals surface area contributed by atoms with Gasteiger partial charge < -0.3 is 23.8 Å². The minimum Gasteiger partial charge on any atom is -0.381 e. The molecule has 2 aromatic rings. The lowest BCUT2D eigenvalue weighted by atomic mass is 9.83. The molecule has 0 bridgehead atoms. The number of aromatic nitrogens is 1. The zero-order chi connectivity index (χ0) is 23.0. The van der Waals surface area contributed by atoms with Gasteiger partial charge >= 0.3 is 0 Å². The van der Waals surface area contributed by atoms with E-state index in [0.29, 0.717) is 49.2 Å². The summed E-state index contributed by atoms with van der Waals surface area (Å²) in [6.45, 7) is 7.26. The molecule has 3 aliphatic heterocycles. The van der Waals surface area contributed by atoms with Gasteiger partial charge in [-0.05, 0) is 38.2 Å². The number of likely N-dealkylation sites (tertiary alicyclic amines) is 1. The van der Waals surface area contributed by atoms with Crippen LogP contribution in [0.4, 0.5) is 0 Å². The van der Waals surface area contributed by atoms with Crippen LogP contribution in [0, 0.1) is 19.8 Å². The van der Waals surface area contributed by atoms with E-state index in [0.717, 1.165) is 31.6 Å². The van der Waals surface area contributed by atoms with Crippen molar-refractivity contribution in [3.8, 4) is 0 Å². The predicted molar refractivity (Wildman–Crippen MR) is 120 cm³/mol. The van der Waals surface area contributed by atoms with Crippen LogP contribution in [0.5, 0.6) is 0 Å². The number of amides is 2. The highest BCUT2D eigenvalue weighted by molar-refractivity contribution is 5.97. The molecule has 3 saturated heterocycles. The van der Waals surface area contributed by atoms with Crippen molar-refractivity contribution in [2.75, 3.05) is 46.0 Å². The lowest BCUT2D eigenvalue weighted by molar-refractivity contribution is -0.160. The average Bonchev–Trinajstić information content (AvgIpc) is 3.31. The van der Waals surface area contributed by atoms with Gasteiger partial charge in [0.05, 0.1) is 18.8 Å². The standard InChI is InChI=1S/C25H31N3O5/c1-17-22(18(2)33-26-17)23(29)27-10-13-32-25(16-27)21(20-6-4-3-5-7-20)15-28(24(25)30)14-19-8-11-31-12-9-19/h3-7,19,21H,8-16H2,1-2H3/t21-,25+/m0/s1. The quantitative estimate of drug-likeness (QED) is 0.707. The van der Waals surface area contributed by atoms with E-state index in [-0.39, 0.29) is 24.3 Å². The number of nitrogens with zero attached hydrogens (tertiary/aromatic N) is 3. The number of rotatable bonds is 4. The minimum absolute atomic E-state index is 0.0147. The van der Waals surface area contributed by atoms with E-state index < -0.39 is 5.60 Å². The van der Waals surface area contributed by atoms with Crippen LogP contribution in [0.25, 0.3) is 0 Å². The van der Waals surface area contributed by atoms with Crippen LogP contribution >= 0.6 is 0 Å². The number of benzene rings is 1. The first kappa shape index (κ1) is 22.1. The van der Waals surface area contributed by atoms with Crippen LogP contribution in [-0.2, 0) is 14.3 Å². The smallest absolute Gasteiger partial charge is 0.259 e. The summed E-state index contributed by atoms with van der Waals surface area (Å²) < 4.78 is 17.1. The van der Waals surface area contributed by atoms with Gasteiger partial charge in [0.25, 0.3) is 11.8 Å². The maximum Gasteiger partial charge on any atom is 0.259 e. The Bertz CT molecular complexity index is 997. The first-order chi connectivity index (χ1) is 16.0. The van der Waals surface area contributed by atoms with Crippen LogP contribution in [0.1, 0.15) is 46.1 Å². The van der Waals surface area contributed by atoms with Gasteiger partial charge in [0.1, 0.15) is 11.3 Å². The van der Waals surface area contributed by atoms with E-state index in [2.05, 4.69) is 17.3 Å². The summed E-state index contributed by atoms with van der Waals surface area (Å²) in [5, 5.41) is 3.94. The van der Waals surface area contributed by atoms with E-state index >= 15 is 0 Å². The van der Waals surface area contributed by atoms with Gasteiger partial charge in [-0.25, -0.2) is 0 Å². The van der Waals surface area contributed by atoms with E-state index in [4.69, 9.17) is 14.0 Å². The summed E-state index contributed by atoms with van der Waals surface area (Å²) in [6, 6.07) is 10.1. The van der Waals surface area contributed by atoms with Gasteiger partial charge in [-0.1, -0.05) is 35.5 Å². The first-order valence-electron chi connectivity index (χ1n) is 11.8. The molecule has 0 N–H and O–H groups in total. The Morgan fingerprint density at radius 1 is 1.15 bits per heavy atom. The molecule has 0 unspecified atom stereocenters. The van der Waals surface area contributed by atoms with Gasteiger partial charge in [-0.3, -0.25) is 9.59 Å². The molecule has 1 aromatic carbocycles. The molecule has 3 fully saturated rings. The highest BCUT2D eigenvalue weighted by atomic mass is 16.5. The largest absolute Gasteiger partial charge is 0.381 e. The van der Waals surface area contributed by atoms with Gasteiger partial charge in [0, 0.05) is 38.8 Å². The third-order valence-electron chi connectivity index (χ3n) is 7.32. The van der Waals surface area contributed by atoms with Crippen molar-refractivity contribution in [1.82, 2.24) is 15.0 Å². The van der Waals surface area contributed by atoms with Crippen molar-refractivity contribution in [1.29, 1.82) is 0 Å². The molecule has 0 saturated carbocycles. The zero-order valence-corrected chi connectivity index (χ0v) is 19.3.